The van der Waals surface area contributed by atoms with Crippen molar-refractivity contribution in [2.45, 2.75) is 12.8 Å². The third kappa shape index (κ3) is 1.11. The van der Waals surface area contributed by atoms with Crippen molar-refractivity contribution in [2.24, 2.45) is 0 Å². The predicted molar refractivity (Wildman–Crippen MR) is 46.0 cm³/mol. The Balaban J connectivity index is 2.67. The van der Waals surface area contributed by atoms with E-state index < -0.39 is 17.3 Å². The van der Waals surface area contributed by atoms with Crippen molar-refractivity contribution in [3.05, 3.63) is 34.6 Å². The van der Waals surface area contributed by atoms with E-state index in [1.165, 1.54) is 12.1 Å². The van der Waals surface area contributed by atoms with Gasteiger partial charge in [0.15, 0.2) is 5.78 Å². The quantitative estimate of drug-likeness (QED) is 0.739. The molecule has 0 saturated carbocycles. The summed E-state index contributed by atoms with van der Waals surface area (Å²) in [5.74, 6) is -2.54. The lowest BCUT2D eigenvalue weighted by atomic mass is 10.1. The van der Waals surface area contributed by atoms with Crippen molar-refractivity contribution in [2.75, 3.05) is 0 Å². The number of carboxylic acids is 1. The van der Waals surface area contributed by atoms with Crippen LogP contribution in [0.3, 0.4) is 0 Å². The summed E-state index contributed by atoms with van der Waals surface area (Å²) in [7, 11) is 0. The van der Waals surface area contributed by atoms with Crippen LogP contribution in [0, 0.1) is 5.82 Å². The van der Waals surface area contributed by atoms with Gasteiger partial charge in [-0.25, -0.2) is 9.18 Å². The van der Waals surface area contributed by atoms with Gasteiger partial charge in [-0.15, -0.1) is 0 Å². The Morgan fingerprint density at radius 1 is 1.36 bits per heavy atom. The van der Waals surface area contributed by atoms with Crippen molar-refractivity contribution in [1.82, 2.24) is 0 Å². The van der Waals surface area contributed by atoms with Crippen LogP contribution in [0.2, 0.25) is 0 Å². The van der Waals surface area contributed by atoms with Crippen LogP contribution in [-0.4, -0.2) is 16.9 Å². The maximum absolute atomic E-state index is 13.5. The molecule has 0 aliphatic heterocycles. The van der Waals surface area contributed by atoms with Crippen molar-refractivity contribution >= 4 is 11.8 Å². The minimum atomic E-state index is -1.34. The molecule has 72 valence electrons. The number of aromatic carboxylic acids is 1. The van der Waals surface area contributed by atoms with Gasteiger partial charge in [0.2, 0.25) is 0 Å². The van der Waals surface area contributed by atoms with Gasteiger partial charge in [0, 0.05) is 6.42 Å². The second-order valence-electron chi connectivity index (χ2n) is 3.19. The molecule has 1 N–H and O–H groups in total. The number of fused-ring (bicyclic) bond motifs is 1. The standard InChI is InChI=1S/C10H7FO3/c11-9-6(10(13)14)3-1-5-2-4-7(12)8(5)9/h1,3H,2,4H2,(H,13,14). The Bertz CT molecular complexity index is 437. The average molecular weight is 194 g/mol. The van der Waals surface area contributed by atoms with Crippen LogP contribution in [0.5, 0.6) is 0 Å². The molecule has 0 heterocycles. The molecule has 14 heavy (non-hydrogen) atoms. The van der Waals surface area contributed by atoms with Crippen LogP contribution in [0.25, 0.3) is 0 Å². The molecule has 1 aromatic rings. The Morgan fingerprint density at radius 2 is 2.07 bits per heavy atom. The Labute approximate surface area is 79.2 Å². The lowest BCUT2D eigenvalue weighted by Gasteiger charge is -2.02. The zero-order chi connectivity index (χ0) is 10.3. The number of carbonyl (C=O) groups excluding carboxylic acids is 1. The summed E-state index contributed by atoms with van der Waals surface area (Å²) in [6.45, 7) is 0. The molecule has 3 nitrogen and oxygen atoms in total. The SMILES string of the molecule is O=C(O)c1ccc2c(c1F)C(=O)CC2. The second-order valence-corrected chi connectivity index (χ2v) is 3.19. The van der Waals surface area contributed by atoms with E-state index >= 15 is 0 Å². The topological polar surface area (TPSA) is 54.4 Å². The molecule has 0 spiro atoms. The van der Waals surface area contributed by atoms with Crippen LogP contribution < -0.4 is 0 Å². The lowest BCUT2D eigenvalue weighted by Crippen LogP contribution is -2.06. The fourth-order valence-electron chi connectivity index (χ4n) is 1.66. The lowest BCUT2D eigenvalue weighted by molar-refractivity contribution is 0.0692. The first-order valence-electron chi connectivity index (χ1n) is 4.19. The molecule has 0 radical (unpaired) electrons. The van der Waals surface area contributed by atoms with Gasteiger partial charge in [0.25, 0.3) is 0 Å². The Kier molecular flexibility index (Phi) is 1.84. The summed E-state index contributed by atoms with van der Waals surface area (Å²) in [6, 6.07) is 2.71. The molecule has 0 fully saturated rings. The van der Waals surface area contributed by atoms with Crippen molar-refractivity contribution in [1.29, 1.82) is 0 Å². The van der Waals surface area contributed by atoms with E-state index in [2.05, 4.69) is 0 Å². The highest BCUT2D eigenvalue weighted by Gasteiger charge is 2.26. The van der Waals surface area contributed by atoms with Gasteiger partial charge in [0.1, 0.15) is 5.82 Å². The van der Waals surface area contributed by atoms with Gasteiger partial charge < -0.3 is 5.11 Å². The van der Waals surface area contributed by atoms with Gasteiger partial charge in [-0.1, -0.05) is 6.07 Å². The van der Waals surface area contributed by atoms with Gasteiger partial charge in [0.05, 0.1) is 11.1 Å². The smallest absolute Gasteiger partial charge is 0.338 e. The molecule has 0 unspecified atom stereocenters. The first-order valence-corrected chi connectivity index (χ1v) is 4.19. The summed E-state index contributed by atoms with van der Waals surface area (Å²) in [5.41, 5.74) is 0.140. The predicted octanol–water partition coefficient (Wildman–Crippen LogP) is 1.65. The molecule has 0 aromatic heterocycles. The largest absolute Gasteiger partial charge is 0.478 e. The highest BCUT2D eigenvalue weighted by molar-refractivity contribution is 6.02. The van der Waals surface area contributed by atoms with Crippen LogP contribution in [-0.2, 0) is 6.42 Å². The highest BCUT2D eigenvalue weighted by atomic mass is 19.1. The van der Waals surface area contributed by atoms with E-state index in [0.29, 0.717) is 12.0 Å². The van der Waals surface area contributed by atoms with Gasteiger partial charge >= 0.3 is 5.97 Å². The number of benzene rings is 1. The molecule has 0 saturated heterocycles. The van der Waals surface area contributed by atoms with E-state index in [-0.39, 0.29) is 17.8 Å². The van der Waals surface area contributed by atoms with E-state index in [1.54, 1.807) is 0 Å². The molecule has 0 amide bonds. The van der Waals surface area contributed by atoms with Crippen LogP contribution >= 0.6 is 0 Å². The van der Waals surface area contributed by atoms with Crippen molar-refractivity contribution < 1.29 is 19.1 Å². The molecule has 1 aromatic carbocycles. The number of hydrogen-bond acceptors (Lipinski definition) is 2. The van der Waals surface area contributed by atoms with Crippen molar-refractivity contribution in [3.63, 3.8) is 0 Å². The molecule has 4 heteroatoms. The number of rotatable bonds is 1. The van der Waals surface area contributed by atoms with Gasteiger partial charge in [-0.2, -0.15) is 0 Å². The Hall–Kier alpha value is -1.71. The normalized spacial score (nSPS) is 14.2. The van der Waals surface area contributed by atoms with Crippen LogP contribution in [0.1, 0.15) is 32.7 Å². The summed E-state index contributed by atoms with van der Waals surface area (Å²) in [6.07, 6.45) is 0.778. The number of hydrogen-bond donors (Lipinski definition) is 1. The molecule has 2 rings (SSSR count). The fourth-order valence-corrected chi connectivity index (χ4v) is 1.66. The third-order valence-electron chi connectivity index (χ3n) is 2.36. The summed E-state index contributed by atoms with van der Waals surface area (Å²) in [4.78, 5) is 21.8. The van der Waals surface area contributed by atoms with Crippen LogP contribution in [0.15, 0.2) is 12.1 Å². The zero-order valence-corrected chi connectivity index (χ0v) is 7.21. The number of carboxylic acid groups (broad SMARTS) is 1. The first kappa shape index (κ1) is 8.87. The summed E-state index contributed by atoms with van der Waals surface area (Å²) < 4.78 is 13.5. The van der Waals surface area contributed by atoms with E-state index in [1.807, 2.05) is 0 Å². The maximum atomic E-state index is 13.5. The molecule has 0 atom stereocenters. The Morgan fingerprint density at radius 3 is 2.71 bits per heavy atom. The monoisotopic (exact) mass is 194 g/mol. The molecule has 1 aliphatic rings. The van der Waals surface area contributed by atoms with E-state index in [0.717, 1.165) is 0 Å². The van der Waals surface area contributed by atoms with Crippen molar-refractivity contribution in [3.8, 4) is 0 Å². The van der Waals surface area contributed by atoms with Crippen LogP contribution in [0.4, 0.5) is 4.39 Å². The summed E-state index contributed by atoms with van der Waals surface area (Å²) >= 11 is 0. The number of Topliss-reactive ketones (excluding diaryl/α,β-unsaturated/α-hetero) is 1. The molecule has 0 bridgehead atoms. The minimum Gasteiger partial charge on any atom is -0.478 e. The number of aryl methyl sites for hydroxylation is 1. The van der Waals surface area contributed by atoms with E-state index in [4.69, 9.17) is 5.11 Å². The number of ketones is 1. The van der Waals surface area contributed by atoms with E-state index in [9.17, 15) is 14.0 Å². The minimum absolute atomic E-state index is 0.0371. The molecular formula is C10H7FO3. The highest BCUT2D eigenvalue weighted by Crippen LogP contribution is 2.26. The fraction of sp³-hybridized carbons (Fsp3) is 0.200. The first-order chi connectivity index (χ1) is 6.61. The van der Waals surface area contributed by atoms with Gasteiger partial charge in [-0.05, 0) is 18.1 Å². The second kappa shape index (κ2) is 2.90. The third-order valence-corrected chi connectivity index (χ3v) is 2.36. The molecular weight excluding hydrogens is 187 g/mol. The number of halogens is 1. The summed E-state index contributed by atoms with van der Waals surface area (Å²) in [5, 5.41) is 8.63. The average Bonchev–Trinajstić information content (AvgIpc) is 2.48. The maximum Gasteiger partial charge on any atom is 0.338 e. The zero-order valence-electron chi connectivity index (χ0n) is 7.21. The number of carbonyl (C=O) groups is 2. The molecule has 1 aliphatic carbocycles. The van der Waals surface area contributed by atoms with Gasteiger partial charge in [-0.3, -0.25) is 4.79 Å².